The van der Waals surface area contributed by atoms with E-state index in [9.17, 15) is 9.90 Å². The second kappa shape index (κ2) is 6.58. The first-order chi connectivity index (χ1) is 12.6. The maximum absolute atomic E-state index is 12.8. The summed E-state index contributed by atoms with van der Waals surface area (Å²) >= 11 is 0. The van der Waals surface area contributed by atoms with E-state index in [1.54, 1.807) is 19.2 Å². The highest BCUT2D eigenvalue weighted by Crippen LogP contribution is 2.26. The van der Waals surface area contributed by atoms with Crippen LogP contribution in [-0.2, 0) is 19.4 Å². The number of hydrogen-bond acceptors (Lipinski definition) is 7. The Morgan fingerprint density at radius 2 is 2.19 bits per heavy atom. The maximum Gasteiger partial charge on any atom is 0.257 e. The SMILES string of the molecule is CN(Cc1noc2c1CCCC2)C(=O)c1cc(-n2cnnn2)ccc1O. The van der Waals surface area contributed by atoms with Crippen LogP contribution >= 0.6 is 0 Å². The molecule has 1 amide bonds. The van der Waals surface area contributed by atoms with Crippen molar-refractivity contribution in [2.45, 2.75) is 32.2 Å². The fourth-order valence-corrected chi connectivity index (χ4v) is 3.19. The van der Waals surface area contributed by atoms with E-state index in [1.807, 2.05) is 0 Å². The zero-order valence-electron chi connectivity index (χ0n) is 14.3. The number of amides is 1. The molecular formula is C17H18N6O3. The number of carbonyl (C=O) groups excluding carboxylic acids is 1. The van der Waals surface area contributed by atoms with Crippen LogP contribution in [0.4, 0.5) is 0 Å². The standard InChI is InChI=1S/C17H18N6O3/c1-22(9-14-12-4-2-3-5-16(12)26-19-14)17(25)13-8-11(6-7-15(13)24)23-10-18-20-21-23/h6-8,10,24H,2-5,9H2,1H3. The highest BCUT2D eigenvalue weighted by Gasteiger charge is 2.23. The molecule has 0 unspecified atom stereocenters. The number of rotatable bonds is 4. The number of tetrazole rings is 1. The first-order valence-corrected chi connectivity index (χ1v) is 8.41. The monoisotopic (exact) mass is 354 g/mol. The van der Waals surface area contributed by atoms with Crippen molar-refractivity contribution in [2.75, 3.05) is 7.05 Å². The minimum Gasteiger partial charge on any atom is -0.507 e. The van der Waals surface area contributed by atoms with Crippen LogP contribution in [0.25, 0.3) is 5.69 Å². The molecule has 1 N–H and O–H groups in total. The number of aromatic hydroxyl groups is 1. The molecule has 1 aromatic carbocycles. The number of nitrogens with zero attached hydrogens (tertiary/aromatic N) is 6. The molecule has 1 aliphatic rings. The van der Waals surface area contributed by atoms with Crippen LogP contribution in [0.5, 0.6) is 5.75 Å². The number of hydrogen-bond donors (Lipinski definition) is 1. The summed E-state index contributed by atoms with van der Waals surface area (Å²) in [5.74, 6) is 0.515. The highest BCUT2D eigenvalue weighted by molar-refractivity contribution is 5.97. The number of phenols is 1. The van der Waals surface area contributed by atoms with Gasteiger partial charge in [-0.1, -0.05) is 5.16 Å². The molecule has 2 heterocycles. The average molecular weight is 354 g/mol. The minimum absolute atomic E-state index is 0.0964. The Kier molecular flexibility index (Phi) is 4.11. The summed E-state index contributed by atoms with van der Waals surface area (Å²) < 4.78 is 6.82. The van der Waals surface area contributed by atoms with Gasteiger partial charge in [0.15, 0.2) is 0 Å². The Balaban J connectivity index is 1.57. The van der Waals surface area contributed by atoms with Gasteiger partial charge in [0.2, 0.25) is 0 Å². The molecule has 0 saturated heterocycles. The summed E-state index contributed by atoms with van der Waals surface area (Å²) in [6.45, 7) is 0.326. The van der Waals surface area contributed by atoms with E-state index in [4.69, 9.17) is 4.52 Å². The van der Waals surface area contributed by atoms with Crippen molar-refractivity contribution < 1.29 is 14.4 Å². The topological polar surface area (TPSA) is 110 Å². The quantitative estimate of drug-likeness (QED) is 0.756. The zero-order chi connectivity index (χ0) is 18.1. The van der Waals surface area contributed by atoms with Gasteiger partial charge in [-0.05, 0) is 47.9 Å². The van der Waals surface area contributed by atoms with Gasteiger partial charge in [0, 0.05) is 19.0 Å². The molecule has 1 aliphatic carbocycles. The Bertz CT molecular complexity index is 934. The van der Waals surface area contributed by atoms with Crippen LogP contribution in [0.2, 0.25) is 0 Å². The van der Waals surface area contributed by atoms with Crippen molar-refractivity contribution in [3.63, 3.8) is 0 Å². The summed E-state index contributed by atoms with van der Waals surface area (Å²) in [5.41, 5.74) is 2.66. The molecule has 9 heteroatoms. The fourth-order valence-electron chi connectivity index (χ4n) is 3.19. The lowest BCUT2D eigenvalue weighted by molar-refractivity contribution is 0.0779. The summed E-state index contributed by atoms with van der Waals surface area (Å²) in [4.78, 5) is 14.3. The lowest BCUT2D eigenvalue weighted by atomic mass is 9.96. The summed E-state index contributed by atoms with van der Waals surface area (Å²) in [6, 6.07) is 4.65. The molecule has 4 rings (SSSR count). The smallest absolute Gasteiger partial charge is 0.257 e. The normalized spacial score (nSPS) is 13.4. The largest absolute Gasteiger partial charge is 0.507 e. The van der Waals surface area contributed by atoms with Gasteiger partial charge in [0.05, 0.1) is 17.8 Å². The number of carbonyl (C=O) groups is 1. The molecule has 134 valence electrons. The Labute approximate surface area is 149 Å². The zero-order valence-corrected chi connectivity index (χ0v) is 14.3. The van der Waals surface area contributed by atoms with E-state index < -0.39 is 0 Å². The third-order valence-electron chi connectivity index (χ3n) is 4.59. The van der Waals surface area contributed by atoms with E-state index in [2.05, 4.69) is 20.7 Å². The van der Waals surface area contributed by atoms with Crippen molar-refractivity contribution in [2.24, 2.45) is 0 Å². The van der Waals surface area contributed by atoms with Crippen molar-refractivity contribution in [1.29, 1.82) is 0 Å². The molecule has 0 radical (unpaired) electrons. The predicted molar refractivity (Wildman–Crippen MR) is 89.8 cm³/mol. The van der Waals surface area contributed by atoms with Gasteiger partial charge >= 0.3 is 0 Å². The highest BCUT2D eigenvalue weighted by atomic mass is 16.5. The molecule has 0 atom stereocenters. The Morgan fingerprint density at radius 3 is 3.00 bits per heavy atom. The van der Waals surface area contributed by atoms with Crippen molar-refractivity contribution >= 4 is 5.91 Å². The summed E-state index contributed by atoms with van der Waals surface area (Å²) in [5, 5.41) is 25.2. The molecule has 0 spiro atoms. The summed E-state index contributed by atoms with van der Waals surface area (Å²) in [7, 11) is 1.68. The number of benzene rings is 1. The predicted octanol–water partition coefficient (Wildman–Crippen LogP) is 1.51. The van der Waals surface area contributed by atoms with E-state index in [0.29, 0.717) is 12.2 Å². The second-order valence-electron chi connectivity index (χ2n) is 6.36. The first-order valence-electron chi connectivity index (χ1n) is 8.41. The molecule has 0 aliphatic heterocycles. The van der Waals surface area contributed by atoms with E-state index >= 15 is 0 Å². The molecule has 0 bridgehead atoms. The van der Waals surface area contributed by atoms with Crippen molar-refractivity contribution in [3.05, 3.63) is 47.1 Å². The average Bonchev–Trinajstić information content (AvgIpc) is 3.32. The van der Waals surface area contributed by atoms with E-state index in [0.717, 1.165) is 42.7 Å². The lowest BCUT2D eigenvalue weighted by Crippen LogP contribution is -2.27. The lowest BCUT2D eigenvalue weighted by Gasteiger charge is -2.18. The number of aryl methyl sites for hydroxylation is 1. The third kappa shape index (κ3) is 2.92. The molecule has 0 saturated carbocycles. The number of aromatic nitrogens is 5. The van der Waals surface area contributed by atoms with Gasteiger partial charge in [0.25, 0.3) is 5.91 Å². The molecule has 0 fully saturated rings. The Hall–Kier alpha value is -3.23. The van der Waals surface area contributed by atoms with Gasteiger partial charge in [-0.2, -0.15) is 0 Å². The van der Waals surface area contributed by atoms with Crippen molar-refractivity contribution in [3.8, 4) is 11.4 Å². The van der Waals surface area contributed by atoms with Gasteiger partial charge in [0.1, 0.15) is 23.5 Å². The first kappa shape index (κ1) is 16.2. The van der Waals surface area contributed by atoms with Crippen molar-refractivity contribution in [1.82, 2.24) is 30.3 Å². The maximum atomic E-state index is 12.8. The van der Waals surface area contributed by atoms with Gasteiger partial charge in [-0.15, -0.1) is 5.10 Å². The second-order valence-corrected chi connectivity index (χ2v) is 6.36. The van der Waals surface area contributed by atoms with Gasteiger partial charge < -0.3 is 14.5 Å². The minimum atomic E-state index is -0.315. The molecule has 26 heavy (non-hydrogen) atoms. The molecular weight excluding hydrogens is 336 g/mol. The van der Waals surface area contributed by atoms with Gasteiger partial charge in [-0.25, -0.2) is 4.68 Å². The number of fused-ring (bicyclic) bond motifs is 1. The fraction of sp³-hybridized carbons (Fsp3) is 0.353. The molecule has 3 aromatic rings. The van der Waals surface area contributed by atoms with Crippen LogP contribution in [-0.4, -0.2) is 48.3 Å². The van der Waals surface area contributed by atoms with Crippen LogP contribution in [0, 0.1) is 0 Å². The van der Waals surface area contributed by atoms with E-state index in [1.165, 1.54) is 22.0 Å². The van der Waals surface area contributed by atoms with E-state index in [-0.39, 0.29) is 17.2 Å². The van der Waals surface area contributed by atoms with Crippen LogP contribution < -0.4 is 0 Å². The molecule has 2 aromatic heterocycles. The van der Waals surface area contributed by atoms with Crippen LogP contribution in [0.3, 0.4) is 0 Å². The van der Waals surface area contributed by atoms with Gasteiger partial charge in [-0.3, -0.25) is 4.79 Å². The molecule has 9 nitrogen and oxygen atoms in total. The van der Waals surface area contributed by atoms with Crippen LogP contribution in [0.1, 0.15) is 40.2 Å². The number of phenolic OH excluding ortho intramolecular Hbond substituents is 1. The Morgan fingerprint density at radius 1 is 1.35 bits per heavy atom. The summed E-state index contributed by atoms with van der Waals surface area (Å²) in [6.07, 6.45) is 5.46. The third-order valence-corrected chi connectivity index (χ3v) is 4.59. The van der Waals surface area contributed by atoms with Crippen LogP contribution in [0.15, 0.2) is 29.0 Å².